The van der Waals surface area contributed by atoms with Gasteiger partial charge in [-0.3, -0.25) is 4.79 Å². The molecule has 0 aromatic heterocycles. The van der Waals surface area contributed by atoms with Crippen molar-refractivity contribution in [3.05, 3.63) is 0 Å². The highest BCUT2D eigenvalue weighted by atomic mass is 16.2. The maximum Gasteiger partial charge on any atom is 0.239 e. The molecule has 0 rings (SSSR count). The fraction of sp³-hybridized carbons (Fsp3) is 0.929. The summed E-state index contributed by atoms with van der Waals surface area (Å²) in [5.74, 6) is 0.711. The second kappa shape index (κ2) is 12.8. The molecule has 3 N–H and O–H groups in total. The van der Waals surface area contributed by atoms with Crippen LogP contribution in [0.3, 0.4) is 0 Å². The third-order valence-electron chi connectivity index (χ3n) is 2.19. The largest absolute Gasteiger partial charge is 0.358 e. The van der Waals surface area contributed by atoms with E-state index >= 15 is 0 Å². The third kappa shape index (κ3) is 17.8. The van der Waals surface area contributed by atoms with Gasteiger partial charge in [0.15, 0.2) is 0 Å². The number of hydrogen-bond acceptors (Lipinski definition) is 3. The van der Waals surface area contributed by atoms with Gasteiger partial charge in [0.05, 0.1) is 5.54 Å². The van der Waals surface area contributed by atoms with E-state index in [4.69, 9.17) is 5.73 Å². The number of likely N-dealkylation sites (N-methyl/N-ethyl adjacent to an activating group) is 1. The second-order valence-corrected chi connectivity index (χ2v) is 5.08. The van der Waals surface area contributed by atoms with Gasteiger partial charge < -0.3 is 16.0 Å². The van der Waals surface area contributed by atoms with Crippen molar-refractivity contribution in [2.24, 2.45) is 11.7 Å². The Morgan fingerprint density at radius 1 is 1.33 bits per heavy atom. The van der Waals surface area contributed by atoms with Crippen LogP contribution in [0.1, 0.15) is 48.0 Å². The van der Waals surface area contributed by atoms with Gasteiger partial charge in [0.2, 0.25) is 5.91 Å². The average molecular weight is 261 g/mol. The number of carbonyl (C=O) groups is 1. The Kier molecular flexibility index (Phi) is 16.1. The number of nitrogens with one attached hydrogen (secondary N) is 1. The fourth-order valence-electron chi connectivity index (χ4n) is 1.07. The molecule has 0 heterocycles. The zero-order valence-electron chi connectivity index (χ0n) is 13.9. The Balaban J connectivity index is -0.000000219. The van der Waals surface area contributed by atoms with Crippen LogP contribution in [0.2, 0.25) is 0 Å². The average Bonchev–Trinajstić information content (AvgIpc) is 2.29. The number of amides is 1. The summed E-state index contributed by atoms with van der Waals surface area (Å²) in [7, 11) is 5.80. The van der Waals surface area contributed by atoms with Gasteiger partial charge >= 0.3 is 0 Å². The van der Waals surface area contributed by atoms with E-state index < -0.39 is 5.54 Å². The van der Waals surface area contributed by atoms with Crippen LogP contribution >= 0.6 is 0 Å². The van der Waals surface area contributed by atoms with Crippen molar-refractivity contribution in [2.75, 3.05) is 27.7 Å². The molecule has 0 saturated heterocycles. The predicted octanol–water partition coefficient (Wildman–Crippen LogP) is 2.09. The molecule has 0 aromatic rings. The van der Waals surface area contributed by atoms with E-state index in [9.17, 15) is 4.79 Å². The smallest absolute Gasteiger partial charge is 0.239 e. The molecule has 0 aliphatic rings. The standard InChI is InChI=1S/C7H17N.C5H12N2O.C2H6/c1-5-7(2)6-8(3)4;1-5(2,6)4(8)7-3;1-2/h7H,5-6H2,1-4H3;6H2,1-3H3,(H,7,8);1-2H3. The molecule has 1 atom stereocenters. The Morgan fingerprint density at radius 2 is 1.72 bits per heavy atom. The van der Waals surface area contributed by atoms with E-state index in [1.165, 1.54) is 13.0 Å². The van der Waals surface area contributed by atoms with E-state index in [0.29, 0.717) is 0 Å². The molecule has 1 unspecified atom stereocenters. The van der Waals surface area contributed by atoms with E-state index in [1.54, 1.807) is 20.9 Å². The summed E-state index contributed by atoms with van der Waals surface area (Å²) in [6, 6.07) is 0. The molecule has 0 radical (unpaired) electrons. The number of nitrogens with two attached hydrogens (primary N) is 1. The highest BCUT2D eigenvalue weighted by Crippen LogP contribution is 1.99. The highest BCUT2D eigenvalue weighted by molar-refractivity contribution is 5.84. The first-order valence-corrected chi connectivity index (χ1v) is 6.80. The minimum atomic E-state index is -0.741. The van der Waals surface area contributed by atoms with Crippen LogP contribution in [0.5, 0.6) is 0 Å². The Morgan fingerprint density at radius 3 is 1.78 bits per heavy atom. The first-order chi connectivity index (χ1) is 8.15. The van der Waals surface area contributed by atoms with Crippen LogP contribution in [0, 0.1) is 5.92 Å². The molecule has 0 spiro atoms. The maximum atomic E-state index is 10.6. The molecule has 0 saturated carbocycles. The zero-order chi connectivity index (χ0) is 15.4. The van der Waals surface area contributed by atoms with Gasteiger partial charge in [-0.15, -0.1) is 0 Å². The molecule has 4 nitrogen and oxygen atoms in total. The van der Waals surface area contributed by atoms with Gasteiger partial charge in [0, 0.05) is 13.6 Å². The molecule has 112 valence electrons. The lowest BCUT2D eigenvalue weighted by Gasteiger charge is -2.14. The molecular formula is C14H35N3O. The molecule has 0 bridgehead atoms. The van der Waals surface area contributed by atoms with Gasteiger partial charge in [-0.25, -0.2) is 0 Å². The van der Waals surface area contributed by atoms with Crippen LogP contribution in [0.15, 0.2) is 0 Å². The Labute approximate surface area is 114 Å². The summed E-state index contributed by atoms with van der Waals surface area (Å²) in [4.78, 5) is 12.8. The van der Waals surface area contributed by atoms with Crippen LogP contribution in [-0.4, -0.2) is 44.0 Å². The summed E-state index contributed by atoms with van der Waals surface area (Å²) in [6.07, 6.45) is 1.29. The van der Waals surface area contributed by atoms with E-state index in [-0.39, 0.29) is 5.91 Å². The molecule has 1 amide bonds. The van der Waals surface area contributed by atoms with Gasteiger partial charge in [0.1, 0.15) is 0 Å². The minimum Gasteiger partial charge on any atom is -0.358 e. The van der Waals surface area contributed by atoms with Crippen molar-refractivity contribution in [2.45, 2.75) is 53.5 Å². The van der Waals surface area contributed by atoms with Crippen molar-refractivity contribution >= 4 is 5.91 Å². The van der Waals surface area contributed by atoms with E-state index in [1.807, 2.05) is 13.8 Å². The van der Waals surface area contributed by atoms with E-state index in [2.05, 4.69) is 38.2 Å². The number of carbonyl (C=O) groups excluding carboxylic acids is 1. The van der Waals surface area contributed by atoms with Crippen molar-refractivity contribution in [3.63, 3.8) is 0 Å². The van der Waals surface area contributed by atoms with Gasteiger partial charge in [0.25, 0.3) is 0 Å². The summed E-state index contributed by atoms with van der Waals surface area (Å²) in [5.41, 5.74) is 4.64. The summed E-state index contributed by atoms with van der Waals surface area (Å²) < 4.78 is 0. The highest BCUT2D eigenvalue weighted by Gasteiger charge is 2.19. The fourth-order valence-corrected chi connectivity index (χ4v) is 1.07. The van der Waals surface area contributed by atoms with Crippen molar-refractivity contribution < 1.29 is 4.79 Å². The quantitative estimate of drug-likeness (QED) is 0.814. The monoisotopic (exact) mass is 261 g/mol. The first-order valence-electron chi connectivity index (χ1n) is 6.80. The van der Waals surface area contributed by atoms with Crippen molar-refractivity contribution in [1.29, 1.82) is 0 Å². The normalized spacial score (nSPS) is 11.7. The summed E-state index contributed by atoms with van der Waals surface area (Å²) in [6.45, 7) is 13.0. The molecule has 0 aliphatic carbocycles. The van der Waals surface area contributed by atoms with Gasteiger partial charge in [-0.05, 0) is 33.9 Å². The molecular weight excluding hydrogens is 226 g/mol. The van der Waals surface area contributed by atoms with Crippen LogP contribution in [0.25, 0.3) is 0 Å². The number of nitrogens with zero attached hydrogens (tertiary/aromatic N) is 1. The SMILES string of the molecule is CC.CCC(C)CN(C)C.CNC(=O)C(C)(C)N. The first kappa shape index (κ1) is 22.6. The summed E-state index contributed by atoms with van der Waals surface area (Å²) >= 11 is 0. The van der Waals surface area contributed by atoms with Crippen LogP contribution < -0.4 is 11.1 Å². The maximum absolute atomic E-state index is 10.6. The minimum absolute atomic E-state index is 0.141. The predicted molar refractivity (Wildman–Crippen MR) is 81.7 cm³/mol. The molecule has 0 aliphatic heterocycles. The molecule has 0 fully saturated rings. The lowest BCUT2D eigenvalue weighted by Crippen LogP contribution is -2.47. The van der Waals surface area contributed by atoms with Gasteiger partial charge in [-0.2, -0.15) is 0 Å². The zero-order valence-corrected chi connectivity index (χ0v) is 13.9. The topological polar surface area (TPSA) is 58.4 Å². The second-order valence-electron chi connectivity index (χ2n) is 5.08. The lowest BCUT2D eigenvalue weighted by molar-refractivity contribution is -0.124. The number of hydrogen-bond donors (Lipinski definition) is 2. The van der Waals surface area contributed by atoms with E-state index in [0.717, 1.165) is 5.92 Å². The van der Waals surface area contributed by atoms with Crippen molar-refractivity contribution in [1.82, 2.24) is 10.2 Å². The Bertz CT molecular complexity index is 186. The summed E-state index contributed by atoms with van der Waals surface area (Å²) in [5, 5.41) is 2.44. The Hall–Kier alpha value is -0.610. The van der Waals surface area contributed by atoms with Gasteiger partial charge in [-0.1, -0.05) is 34.1 Å². The van der Waals surface area contributed by atoms with Crippen LogP contribution in [-0.2, 0) is 4.79 Å². The third-order valence-corrected chi connectivity index (χ3v) is 2.19. The van der Waals surface area contributed by atoms with Crippen LogP contribution in [0.4, 0.5) is 0 Å². The number of rotatable bonds is 4. The molecule has 4 heteroatoms. The molecule has 0 aromatic carbocycles. The van der Waals surface area contributed by atoms with Crippen molar-refractivity contribution in [3.8, 4) is 0 Å². The molecule has 18 heavy (non-hydrogen) atoms. The lowest BCUT2D eigenvalue weighted by atomic mass is 10.1.